The first-order chi connectivity index (χ1) is 9.79. The van der Waals surface area contributed by atoms with Crippen LogP contribution in [0.1, 0.15) is 11.1 Å². The summed E-state index contributed by atoms with van der Waals surface area (Å²) in [6.07, 6.45) is 0. The van der Waals surface area contributed by atoms with Crippen LogP contribution in [0.3, 0.4) is 0 Å². The van der Waals surface area contributed by atoms with Gasteiger partial charge in [-0.1, -0.05) is 12.1 Å². The molecule has 0 radical (unpaired) electrons. The summed E-state index contributed by atoms with van der Waals surface area (Å²) in [4.78, 5) is -0.00637. The van der Waals surface area contributed by atoms with Crippen LogP contribution >= 0.6 is 0 Å². The quantitative estimate of drug-likeness (QED) is 0.851. The SMILES string of the molecule is Cc1ccc(S(=O)(=O)NCc2ccc(F)cc2F)cc1N. The molecule has 3 N–H and O–H groups in total. The first-order valence-electron chi connectivity index (χ1n) is 6.09. The molecule has 2 aromatic carbocycles. The minimum atomic E-state index is -3.82. The molecule has 2 rings (SSSR count). The third-order valence-electron chi connectivity index (χ3n) is 3.03. The summed E-state index contributed by atoms with van der Waals surface area (Å²) < 4.78 is 52.6. The van der Waals surface area contributed by atoms with E-state index in [1.165, 1.54) is 18.2 Å². The second-order valence-electron chi connectivity index (χ2n) is 4.58. The van der Waals surface area contributed by atoms with Crippen molar-refractivity contribution in [3.8, 4) is 0 Å². The van der Waals surface area contributed by atoms with Gasteiger partial charge in [0.05, 0.1) is 4.90 Å². The Kier molecular flexibility index (Phi) is 4.24. The van der Waals surface area contributed by atoms with Crippen LogP contribution < -0.4 is 10.5 Å². The fourth-order valence-electron chi connectivity index (χ4n) is 1.71. The maximum Gasteiger partial charge on any atom is 0.240 e. The molecule has 0 atom stereocenters. The average molecular weight is 312 g/mol. The van der Waals surface area contributed by atoms with Crippen molar-refractivity contribution in [2.45, 2.75) is 18.4 Å². The number of sulfonamides is 1. The summed E-state index contributed by atoms with van der Waals surface area (Å²) in [6, 6.07) is 7.29. The zero-order chi connectivity index (χ0) is 15.6. The van der Waals surface area contributed by atoms with Crippen molar-refractivity contribution < 1.29 is 17.2 Å². The zero-order valence-corrected chi connectivity index (χ0v) is 12.0. The van der Waals surface area contributed by atoms with Crippen LogP contribution in [0.2, 0.25) is 0 Å². The summed E-state index contributed by atoms with van der Waals surface area (Å²) in [6.45, 7) is 1.48. The van der Waals surface area contributed by atoms with Crippen molar-refractivity contribution in [3.05, 3.63) is 59.2 Å². The minimum absolute atomic E-state index is 0.00637. The van der Waals surface area contributed by atoms with Gasteiger partial charge in [0.1, 0.15) is 11.6 Å². The number of nitrogens with two attached hydrogens (primary N) is 1. The van der Waals surface area contributed by atoms with Crippen LogP contribution in [0.4, 0.5) is 14.5 Å². The highest BCUT2D eigenvalue weighted by Gasteiger charge is 2.15. The van der Waals surface area contributed by atoms with Crippen LogP contribution in [-0.4, -0.2) is 8.42 Å². The molecular weight excluding hydrogens is 298 g/mol. The molecule has 0 amide bonds. The van der Waals surface area contributed by atoms with Gasteiger partial charge < -0.3 is 5.73 Å². The summed E-state index contributed by atoms with van der Waals surface area (Å²) in [5, 5.41) is 0. The number of rotatable bonds is 4. The van der Waals surface area contributed by atoms with E-state index < -0.39 is 21.7 Å². The highest BCUT2D eigenvalue weighted by molar-refractivity contribution is 7.89. The highest BCUT2D eigenvalue weighted by atomic mass is 32.2. The molecule has 0 fully saturated rings. The van der Waals surface area contributed by atoms with Crippen LogP contribution in [0.25, 0.3) is 0 Å². The fourth-order valence-corrected chi connectivity index (χ4v) is 2.75. The van der Waals surface area contributed by atoms with Crippen molar-refractivity contribution in [1.82, 2.24) is 4.72 Å². The third-order valence-corrected chi connectivity index (χ3v) is 4.43. The molecule has 0 aliphatic carbocycles. The highest BCUT2D eigenvalue weighted by Crippen LogP contribution is 2.17. The first kappa shape index (κ1) is 15.4. The van der Waals surface area contributed by atoms with Crippen LogP contribution in [0.5, 0.6) is 0 Å². The Morgan fingerprint density at radius 3 is 2.48 bits per heavy atom. The topological polar surface area (TPSA) is 72.2 Å². The van der Waals surface area contributed by atoms with Crippen molar-refractivity contribution in [2.75, 3.05) is 5.73 Å². The lowest BCUT2D eigenvalue weighted by atomic mass is 10.2. The Morgan fingerprint density at radius 2 is 1.86 bits per heavy atom. The Bertz CT molecular complexity index is 777. The number of nitrogens with one attached hydrogen (secondary N) is 1. The lowest BCUT2D eigenvalue weighted by Crippen LogP contribution is -2.24. The Balaban J connectivity index is 2.19. The van der Waals surface area contributed by atoms with Gasteiger partial charge in [0, 0.05) is 23.9 Å². The van der Waals surface area contributed by atoms with E-state index in [4.69, 9.17) is 5.73 Å². The molecule has 7 heteroatoms. The van der Waals surface area contributed by atoms with Crippen molar-refractivity contribution >= 4 is 15.7 Å². The summed E-state index contributed by atoms with van der Waals surface area (Å²) in [5.41, 5.74) is 6.84. The molecule has 0 aliphatic heterocycles. The molecule has 0 saturated heterocycles. The fraction of sp³-hybridized carbons (Fsp3) is 0.143. The van der Waals surface area contributed by atoms with Gasteiger partial charge >= 0.3 is 0 Å². The van der Waals surface area contributed by atoms with E-state index >= 15 is 0 Å². The van der Waals surface area contributed by atoms with Crippen LogP contribution in [0, 0.1) is 18.6 Å². The number of aryl methyl sites for hydroxylation is 1. The van der Waals surface area contributed by atoms with Crippen molar-refractivity contribution in [3.63, 3.8) is 0 Å². The second kappa shape index (κ2) is 5.79. The predicted molar refractivity (Wildman–Crippen MR) is 76.0 cm³/mol. The molecule has 2 aromatic rings. The van der Waals surface area contributed by atoms with E-state index in [0.717, 1.165) is 11.6 Å². The first-order valence-corrected chi connectivity index (χ1v) is 7.57. The predicted octanol–water partition coefficient (Wildman–Crippen LogP) is 2.33. The van der Waals surface area contributed by atoms with Gasteiger partial charge in [-0.15, -0.1) is 0 Å². The summed E-state index contributed by atoms with van der Waals surface area (Å²) >= 11 is 0. The van der Waals surface area contributed by atoms with Crippen LogP contribution in [0.15, 0.2) is 41.3 Å². The van der Waals surface area contributed by atoms with Crippen LogP contribution in [-0.2, 0) is 16.6 Å². The molecular formula is C14H14F2N2O2S. The number of halogens is 2. The number of nitrogen functional groups attached to an aromatic ring is 1. The van der Waals surface area contributed by atoms with E-state index in [1.54, 1.807) is 13.0 Å². The molecule has 0 aromatic heterocycles. The smallest absolute Gasteiger partial charge is 0.240 e. The zero-order valence-electron chi connectivity index (χ0n) is 11.2. The number of benzene rings is 2. The van der Waals surface area contributed by atoms with E-state index in [0.29, 0.717) is 11.8 Å². The Hall–Kier alpha value is -1.99. The number of anilines is 1. The standard InChI is InChI=1S/C14H14F2N2O2S/c1-9-2-5-12(7-14(9)17)21(19,20)18-8-10-3-4-11(15)6-13(10)16/h2-7,18H,8,17H2,1H3. The van der Waals surface area contributed by atoms with Gasteiger partial charge in [-0.05, 0) is 30.7 Å². The molecule has 0 spiro atoms. The van der Waals surface area contributed by atoms with Gasteiger partial charge in [0.2, 0.25) is 10.0 Å². The lowest BCUT2D eigenvalue weighted by Gasteiger charge is -2.09. The van der Waals surface area contributed by atoms with Gasteiger partial charge in [-0.3, -0.25) is 0 Å². The third kappa shape index (κ3) is 3.56. The van der Waals surface area contributed by atoms with E-state index in [2.05, 4.69) is 4.72 Å². The molecule has 0 saturated carbocycles. The molecule has 0 heterocycles. The maximum absolute atomic E-state index is 13.5. The molecule has 4 nitrogen and oxygen atoms in total. The Morgan fingerprint density at radius 1 is 1.14 bits per heavy atom. The monoisotopic (exact) mass is 312 g/mol. The lowest BCUT2D eigenvalue weighted by molar-refractivity contribution is 0.562. The maximum atomic E-state index is 13.5. The van der Waals surface area contributed by atoms with E-state index in [1.807, 2.05) is 0 Å². The van der Waals surface area contributed by atoms with Crippen molar-refractivity contribution in [1.29, 1.82) is 0 Å². The number of hydrogen-bond donors (Lipinski definition) is 2. The largest absolute Gasteiger partial charge is 0.398 e. The molecule has 21 heavy (non-hydrogen) atoms. The molecule has 0 bridgehead atoms. The summed E-state index contributed by atoms with van der Waals surface area (Å²) in [5.74, 6) is -1.52. The Labute approximate surface area is 121 Å². The van der Waals surface area contributed by atoms with Crippen molar-refractivity contribution in [2.24, 2.45) is 0 Å². The minimum Gasteiger partial charge on any atom is -0.398 e. The van der Waals surface area contributed by atoms with Gasteiger partial charge in [-0.25, -0.2) is 21.9 Å². The molecule has 112 valence electrons. The summed E-state index contributed by atoms with van der Waals surface area (Å²) in [7, 11) is -3.82. The normalized spacial score (nSPS) is 11.6. The molecule has 0 unspecified atom stereocenters. The molecule has 0 aliphatic rings. The second-order valence-corrected chi connectivity index (χ2v) is 6.35. The average Bonchev–Trinajstić information content (AvgIpc) is 2.40. The van der Waals surface area contributed by atoms with Gasteiger partial charge in [0.15, 0.2) is 0 Å². The van der Waals surface area contributed by atoms with Gasteiger partial charge in [0.25, 0.3) is 0 Å². The van der Waals surface area contributed by atoms with E-state index in [-0.39, 0.29) is 17.0 Å². The number of hydrogen-bond acceptors (Lipinski definition) is 3. The van der Waals surface area contributed by atoms with Gasteiger partial charge in [-0.2, -0.15) is 0 Å². The van der Waals surface area contributed by atoms with E-state index in [9.17, 15) is 17.2 Å².